The van der Waals surface area contributed by atoms with Crippen molar-refractivity contribution < 1.29 is 9.50 Å². The average Bonchev–Trinajstić information content (AvgIpc) is 2.37. The first-order valence-corrected chi connectivity index (χ1v) is 6.37. The van der Waals surface area contributed by atoms with Gasteiger partial charge in [0.15, 0.2) is 0 Å². The normalized spacial score (nSPS) is 12.2. The summed E-state index contributed by atoms with van der Waals surface area (Å²) < 4.78 is 14.0. The van der Waals surface area contributed by atoms with Crippen molar-refractivity contribution in [2.24, 2.45) is 0 Å². The lowest BCUT2D eigenvalue weighted by atomic mass is 10.1. The Hall–Kier alpha value is -1.39. The number of hydrogen-bond donors (Lipinski definition) is 2. The Balaban J connectivity index is 2.23. The molecule has 0 amide bonds. The molecule has 2 aromatic carbocycles. The first-order valence-electron chi connectivity index (χ1n) is 5.58. The summed E-state index contributed by atoms with van der Waals surface area (Å²) in [4.78, 5) is 0. The molecule has 0 fully saturated rings. The highest BCUT2D eigenvalue weighted by molar-refractivity contribution is 9.10. The molecule has 18 heavy (non-hydrogen) atoms. The fourth-order valence-corrected chi connectivity index (χ4v) is 2.32. The zero-order valence-corrected chi connectivity index (χ0v) is 11.2. The van der Waals surface area contributed by atoms with Crippen molar-refractivity contribution >= 4 is 21.6 Å². The zero-order valence-electron chi connectivity index (χ0n) is 9.61. The van der Waals surface area contributed by atoms with Crippen molar-refractivity contribution in [2.45, 2.75) is 6.04 Å². The summed E-state index contributed by atoms with van der Waals surface area (Å²) in [5, 5.41) is 12.6. The second kappa shape index (κ2) is 5.98. The van der Waals surface area contributed by atoms with Crippen LogP contribution in [0.4, 0.5) is 10.1 Å². The second-order valence-electron chi connectivity index (χ2n) is 3.91. The number of nitrogens with one attached hydrogen (secondary N) is 1. The van der Waals surface area contributed by atoms with Crippen molar-refractivity contribution in [3.63, 3.8) is 0 Å². The summed E-state index contributed by atoms with van der Waals surface area (Å²) in [6, 6.07) is 13.5. The van der Waals surface area contributed by atoms with Gasteiger partial charge in [-0.05, 0) is 29.8 Å². The monoisotopic (exact) mass is 309 g/mol. The molecule has 94 valence electrons. The van der Waals surface area contributed by atoms with Crippen molar-refractivity contribution in [3.05, 3.63) is 64.4 Å². The Kier molecular flexibility index (Phi) is 4.33. The third kappa shape index (κ3) is 3.09. The molecule has 0 saturated heterocycles. The standard InChI is InChI=1S/C14H13BrFNO/c15-13-7-2-1-6-12(13)14(9-18)17-11-5-3-4-10(16)8-11/h1-8,14,17-18H,9H2. The predicted octanol–water partition coefficient (Wildman–Crippen LogP) is 3.73. The van der Waals surface area contributed by atoms with E-state index in [1.807, 2.05) is 24.3 Å². The minimum absolute atomic E-state index is 0.0703. The molecule has 2 nitrogen and oxygen atoms in total. The van der Waals surface area contributed by atoms with E-state index in [1.54, 1.807) is 12.1 Å². The molecular weight excluding hydrogens is 297 g/mol. The summed E-state index contributed by atoms with van der Waals surface area (Å²) >= 11 is 3.44. The van der Waals surface area contributed by atoms with Gasteiger partial charge >= 0.3 is 0 Å². The van der Waals surface area contributed by atoms with Crippen molar-refractivity contribution in [3.8, 4) is 0 Å². The molecule has 0 aromatic heterocycles. The Labute approximate surface area is 114 Å². The van der Waals surface area contributed by atoms with Crippen LogP contribution in [-0.4, -0.2) is 11.7 Å². The highest BCUT2D eigenvalue weighted by Gasteiger charge is 2.13. The van der Waals surface area contributed by atoms with E-state index in [0.717, 1.165) is 10.0 Å². The maximum Gasteiger partial charge on any atom is 0.125 e. The molecular formula is C14H13BrFNO. The van der Waals surface area contributed by atoms with Crippen LogP contribution in [0.1, 0.15) is 11.6 Å². The third-order valence-corrected chi connectivity index (χ3v) is 3.35. The van der Waals surface area contributed by atoms with Gasteiger partial charge in [-0.3, -0.25) is 0 Å². The van der Waals surface area contributed by atoms with Crippen LogP contribution in [0, 0.1) is 5.82 Å². The highest BCUT2D eigenvalue weighted by Crippen LogP contribution is 2.26. The van der Waals surface area contributed by atoms with Crippen LogP contribution in [0.2, 0.25) is 0 Å². The van der Waals surface area contributed by atoms with Gasteiger partial charge in [0.05, 0.1) is 12.6 Å². The van der Waals surface area contributed by atoms with E-state index < -0.39 is 0 Å². The van der Waals surface area contributed by atoms with Crippen LogP contribution in [0.3, 0.4) is 0 Å². The van der Waals surface area contributed by atoms with E-state index in [9.17, 15) is 9.50 Å². The summed E-state index contributed by atoms with van der Waals surface area (Å²) in [5.74, 6) is -0.302. The van der Waals surface area contributed by atoms with E-state index in [4.69, 9.17) is 0 Å². The SMILES string of the molecule is OCC(Nc1cccc(F)c1)c1ccccc1Br. The van der Waals surface area contributed by atoms with Crippen molar-refractivity contribution in [2.75, 3.05) is 11.9 Å². The van der Waals surface area contributed by atoms with E-state index >= 15 is 0 Å². The molecule has 0 aliphatic heterocycles. The van der Waals surface area contributed by atoms with Gasteiger partial charge in [-0.25, -0.2) is 4.39 Å². The lowest BCUT2D eigenvalue weighted by Gasteiger charge is -2.19. The van der Waals surface area contributed by atoms with Gasteiger partial charge in [-0.1, -0.05) is 40.2 Å². The summed E-state index contributed by atoms with van der Waals surface area (Å²) in [6.07, 6.45) is 0. The first kappa shape index (κ1) is 13.1. The number of hydrogen-bond acceptors (Lipinski definition) is 2. The molecule has 0 aliphatic carbocycles. The number of benzene rings is 2. The number of halogens is 2. The smallest absolute Gasteiger partial charge is 0.125 e. The molecule has 0 saturated carbocycles. The van der Waals surface area contributed by atoms with Gasteiger partial charge in [0, 0.05) is 10.2 Å². The van der Waals surface area contributed by atoms with Crippen LogP contribution in [-0.2, 0) is 0 Å². The number of rotatable bonds is 4. The van der Waals surface area contributed by atoms with Gasteiger partial charge < -0.3 is 10.4 Å². The maximum absolute atomic E-state index is 13.1. The summed E-state index contributed by atoms with van der Waals surface area (Å²) in [6.45, 7) is -0.0703. The van der Waals surface area contributed by atoms with E-state index in [1.165, 1.54) is 12.1 Å². The summed E-state index contributed by atoms with van der Waals surface area (Å²) in [5.41, 5.74) is 1.58. The predicted molar refractivity (Wildman–Crippen MR) is 74.0 cm³/mol. The van der Waals surface area contributed by atoms with Gasteiger partial charge in [0.2, 0.25) is 0 Å². The molecule has 4 heteroatoms. The van der Waals surface area contributed by atoms with Crippen LogP contribution in [0.25, 0.3) is 0 Å². The summed E-state index contributed by atoms with van der Waals surface area (Å²) in [7, 11) is 0. The quantitative estimate of drug-likeness (QED) is 0.902. The Morgan fingerprint density at radius 2 is 1.94 bits per heavy atom. The lowest BCUT2D eigenvalue weighted by molar-refractivity contribution is 0.276. The van der Waals surface area contributed by atoms with E-state index in [-0.39, 0.29) is 18.5 Å². The fourth-order valence-electron chi connectivity index (χ4n) is 1.76. The molecule has 0 bridgehead atoms. The average molecular weight is 310 g/mol. The van der Waals surface area contributed by atoms with Gasteiger partial charge in [-0.2, -0.15) is 0 Å². The van der Waals surface area contributed by atoms with Crippen LogP contribution in [0.15, 0.2) is 53.0 Å². The largest absolute Gasteiger partial charge is 0.394 e. The Morgan fingerprint density at radius 1 is 1.17 bits per heavy atom. The van der Waals surface area contributed by atoms with Gasteiger partial charge in [-0.15, -0.1) is 0 Å². The van der Waals surface area contributed by atoms with Crippen LogP contribution in [0.5, 0.6) is 0 Å². The maximum atomic E-state index is 13.1. The number of aliphatic hydroxyl groups is 1. The minimum Gasteiger partial charge on any atom is -0.394 e. The fraction of sp³-hybridized carbons (Fsp3) is 0.143. The second-order valence-corrected chi connectivity index (χ2v) is 4.77. The third-order valence-electron chi connectivity index (χ3n) is 2.63. The Morgan fingerprint density at radius 3 is 2.61 bits per heavy atom. The molecule has 2 rings (SSSR count). The van der Waals surface area contributed by atoms with Crippen LogP contribution < -0.4 is 5.32 Å². The molecule has 0 spiro atoms. The molecule has 2 aromatic rings. The molecule has 1 unspecified atom stereocenters. The van der Waals surface area contributed by atoms with Crippen molar-refractivity contribution in [1.29, 1.82) is 0 Å². The first-order chi connectivity index (χ1) is 8.70. The topological polar surface area (TPSA) is 32.3 Å². The van der Waals surface area contributed by atoms with E-state index in [2.05, 4.69) is 21.2 Å². The highest BCUT2D eigenvalue weighted by atomic mass is 79.9. The molecule has 0 aliphatic rings. The van der Waals surface area contributed by atoms with Gasteiger partial charge in [0.25, 0.3) is 0 Å². The van der Waals surface area contributed by atoms with E-state index in [0.29, 0.717) is 5.69 Å². The van der Waals surface area contributed by atoms with Gasteiger partial charge in [0.1, 0.15) is 5.82 Å². The molecule has 2 N–H and O–H groups in total. The lowest BCUT2D eigenvalue weighted by Crippen LogP contribution is -2.15. The van der Waals surface area contributed by atoms with Crippen molar-refractivity contribution in [1.82, 2.24) is 0 Å². The molecule has 0 heterocycles. The minimum atomic E-state index is -0.302. The number of aliphatic hydroxyl groups excluding tert-OH is 1. The van der Waals surface area contributed by atoms with Crippen LogP contribution >= 0.6 is 15.9 Å². The number of anilines is 1. The molecule has 0 radical (unpaired) electrons. The Bertz CT molecular complexity index is 533. The molecule has 1 atom stereocenters. The zero-order chi connectivity index (χ0) is 13.0.